The molecule has 2 aliphatic heterocycles. The number of halogens is 3. The van der Waals surface area contributed by atoms with E-state index in [2.05, 4.69) is 5.32 Å². The smallest absolute Gasteiger partial charge is 0.449 e. The number of hydrogen-bond donors (Lipinski definition) is 1. The summed E-state index contributed by atoms with van der Waals surface area (Å²) in [5.41, 5.74) is -0.559. The fourth-order valence-electron chi connectivity index (χ4n) is 2.68. The maximum Gasteiger partial charge on any atom is 1.00 e. The first-order valence-electron chi connectivity index (χ1n) is 5.03. The second-order valence-corrected chi connectivity index (χ2v) is 4.34. The fraction of sp³-hybridized carbons (Fsp3) is 1.00. The van der Waals surface area contributed by atoms with Gasteiger partial charge in [-0.25, -0.2) is 0 Å². The summed E-state index contributed by atoms with van der Waals surface area (Å²) >= 11 is 0. The van der Waals surface area contributed by atoms with Gasteiger partial charge in [0.25, 0.3) is 0 Å². The molecule has 82 valence electrons. The van der Waals surface area contributed by atoms with Gasteiger partial charge in [-0.15, -0.1) is 0 Å². The normalized spacial score (nSPS) is 30.2. The molecule has 0 saturated carbocycles. The van der Waals surface area contributed by atoms with Gasteiger partial charge in [-0.3, -0.25) is 0 Å². The third-order valence-corrected chi connectivity index (χ3v) is 3.57. The molecule has 2 rings (SSSR count). The first-order chi connectivity index (χ1) is 6.55. The van der Waals surface area contributed by atoms with E-state index in [0.717, 1.165) is 0 Å². The van der Waals surface area contributed by atoms with Crippen molar-refractivity contribution < 1.29 is 69.1 Å². The van der Waals surface area contributed by atoms with E-state index >= 15 is 0 Å². The van der Waals surface area contributed by atoms with Crippen molar-refractivity contribution in [2.45, 2.75) is 18.7 Å². The molecule has 0 aromatic rings. The zero-order chi connectivity index (χ0) is 10.2. The summed E-state index contributed by atoms with van der Waals surface area (Å²) in [5, 5.41) is 2.88. The molecule has 15 heavy (non-hydrogen) atoms. The molecule has 2 aliphatic rings. The van der Waals surface area contributed by atoms with Crippen molar-refractivity contribution >= 4 is 6.98 Å². The maximum absolute atomic E-state index is 12.8. The third-order valence-electron chi connectivity index (χ3n) is 3.57. The zero-order valence-electron chi connectivity index (χ0n) is 8.94. The van der Waals surface area contributed by atoms with Gasteiger partial charge in [0.1, 0.15) is 0 Å². The predicted molar refractivity (Wildman–Crippen MR) is 48.2 cm³/mol. The van der Waals surface area contributed by atoms with Gasteiger partial charge in [-0.05, 0) is 31.3 Å². The van der Waals surface area contributed by atoms with Crippen molar-refractivity contribution in [3.8, 4) is 0 Å². The van der Waals surface area contributed by atoms with Crippen LogP contribution < -0.4 is 56.7 Å². The van der Waals surface area contributed by atoms with Crippen molar-refractivity contribution in [1.29, 1.82) is 0 Å². The molecule has 1 N–H and O–H groups in total. The van der Waals surface area contributed by atoms with Crippen LogP contribution in [0.2, 0.25) is 5.82 Å². The summed E-state index contributed by atoms with van der Waals surface area (Å²) < 4.78 is 43.4. The zero-order valence-corrected chi connectivity index (χ0v) is 12.1. The van der Waals surface area contributed by atoms with Gasteiger partial charge in [0.15, 0.2) is 0 Å². The minimum absolute atomic E-state index is 0. The molecule has 1 spiro atoms. The van der Waals surface area contributed by atoms with Gasteiger partial charge < -0.3 is 23.0 Å². The van der Waals surface area contributed by atoms with Gasteiger partial charge >= 0.3 is 58.4 Å². The average Bonchev–Trinajstić information content (AvgIpc) is 2.49. The summed E-state index contributed by atoms with van der Waals surface area (Å²) in [6.07, 6.45) is 1.10. The van der Waals surface area contributed by atoms with Crippen LogP contribution in [0, 0.1) is 5.41 Å². The molecule has 2 saturated heterocycles. The molecular weight excluding hydrogens is 233 g/mol. The van der Waals surface area contributed by atoms with Crippen LogP contribution in [0.4, 0.5) is 12.9 Å². The summed E-state index contributed by atoms with van der Waals surface area (Å²) in [6, 6.07) is 0. The molecule has 0 aliphatic carbocycles. The van der Waals surface area contributed by atoms with Crippen molar-refractivity contribution in [1.82, 2.24) is 5.32 Å². The molecule has 2 fully saturated rings. The average molecular weight is 247 g/mol. The van der Waals surface area contributed by atoms with E-state index in [0.29, 0.717) is 32.6 Å². The predicted octanol–water partition coefficient (Wildman–Crippen LogP) is -1.39. The number of rotatable bonds is 1. The Morgan fingerprint density at radius 1 is 1.20 bits per heavy atom. The van der Waals surface area contributed by atoms with Gasteiger partial charge in [0, 0.05) is 13.2 Å². The molecular formula is C8H14BF3KNO. The van der Waals surface area contributed by atoms with Crippen molar-refractivity contribution in [3.63, 3.8) is 0 Å². The van der Waals surface area contributed by atoms with Crippen molar-refractivity contribution in [3.05, 3.63) is 0 Å². The minimum Gasteiger partial charge on any atom is -0.449 e. The van der Waals surface area contributed by atoms with E-state index in [1.165, 1.54) is 0 Å². The first-order valence-corrected chi connectivity index (χ1v) is 5.03. The van der Waals surface area contributed by atoms with Crippen LogP contribution in [0.25, 0.3) is 0 Å². The summed E-state index contributed by atoms with van der Waals surface area (Å²) in [6.45, 7) is -3.16. The Balaban J connectivity index is 0.00000112. The Morgan fingerprint density at radius 3 is 2.33 bits per heavy atom. The molecule has 0 radical (unpaired) electrons. The second kappa shape index (κ2) is 5.37. The third kappa shape index (κ3) is 3.00. The number of hydrogen-bond acceptors (Lipinski definition) is 2. The maximum atomic E-state index is 12.8. The van der Waals surface area contributed by atoms with Crippen molar-refractivity contribution in [2.75, 3.05) is 26.3 Å². The van der Waals surface area contributed by atoms with E-state index < -0.39 is 18.2 Å². The van der Waals surface area contributed by atoms with E-state index in [1.807, 2.05) is 0 Å². The molecule has 0 aromatic heterocycles. The van der Waals surface area contributed by atoms with Gasteiger partial charge in [0.2, 0.25) is 0 Å². The second-order valence-electron chi connectivity index (χ2n) is 4.34. The standard InChI is InChI=1S/C8H14BF3NO.K/c10-9(11,12)7-5-13-6-8(7)1-3-14-4-2-8;/h7,13H,1-6H2;/q-1;+1. The van der Waals surface area contributed by atoms with Gasteiger partial charge in [0.05, 0.1) is 0 Å². The van der Waals surface area contributed by atoms with E-state index in [1.54, 1.807) is 0 Å². The summed E-state index contributed by atoms with van der Waals surface area (Å²) in [5.74, 6) is -1.12. The Labute approximate surface area is 130 Å². The van der Waals surface area contributed by atoms with E-state index in [4.69, 9.17) is 4.74 Å². The Kier molecular flexibility index (Phi) is 5.18. The van der Waals surface area contributed by atoms with Crippen LogP contribution in [0.1, 0.15) is 12.8 Å². The van der Waals surface area contributed by atoms with Crippen LogP contribution in [0.3, 0.4) is 0 Å². The molecule has 1 unspecified atom stereocenters. The Hall–Kier alpha value is 1.41. The largest absolute Gasteiger partial charge is 1.00 e. The molecule has 2 heterocycles. The summed E-state index contributed by atoms with van der Waals surface area (Å²) in [7, 11) is 0. The van der Waals surface area contributed by atoms with Crippen LogP contribution in [-0.2, 0) is 4.74 Å². The minimum atomic E-state index is -4.71. The Morgan fingerprint density at radius 2 is 1.80 bits per heavy atom. The van der Waals surface area contributed by atoms with E-state index in [-0.39, 0.29) is 57.9 Å². The van der Waals surface area contributed by atoms with Gasteiger partial charge in [-0.2, -0.15) is 0 Å². The fourth-order valence-corrected chi connectivity index (χ4v) is 2.68. The molecule has 0 amide bonds. The molecule has 7 heteroatoms. The summed E-state index contributed by atoms with van der Waals surface area (Å²) in [4.78, 5) is 0. The molecule has 0 bridgehead atoms. The SMILES string of the molecule is F[B-](F)(F)C1CNCC12CCOCC2.[K+]. The monoisotopic (exact) mass is 247 g/mol. The Bertz CT molecular complexity index is 220. The number of ether oxygens (including phenoxy) is 1. The molecule has 1 atom stereocenters. The molecule has 2 nitrogen and oxygen atoms in total. The topological polar surface area (TPSA) is 21.3 Å². The van der Waals surface area contributed by atoms with E-state index in [9.17, 15) is 12.9 Å². The number of nitrogens with one attached hydrogen (secondary N) is 1. The van der Waals surface area contributed by atoms with Crippen LogP contribution in [-0.4, -0.2) is 33.3 Å². The van der Waals surface area contributed by atoms with Gasteiger partial charge in [-0.1, -0.05) is 5.82 Å². The van der Waals surface area contributed by atoms with Crippen LogP contribution in [0.5, 0.6) is 0 Å². The van der Waals surface area contributed by atoms with Crippen LogP contribution >= 0.6 is 0 Å². The van der Waals surface area contributed by atoms with Crippen LogP contribution in [0.15, 0.2) is 0 Å². The quantitative estimate of drug-likeness (QED) is 0.576. The molecule has 0 aromatic carbocycles. The van der Waals surface area contributed by atoms with Crippen molar-refractivity contribution in [2.24, 2.45) is 5.41 Å². The first kappa shape index (κ1) is 14.5.